The van der Waals surface area contributed by atoms with Gasteiger partial charge in [-0.15, -0.1) is 0 Å². The van der Waals surface area contributed by atoms with Gasteiger partial charge in [-0.2, -0.15) is 5.10 Å². The summed E-state index contributed by atoms with van der Waals surface area (Å²) in [6, 6.07) is 18.8. The lowest BCUT2D eigenvalue weighted by Crippen LogP contribution is -2.17. The van der Waals surface area contributed by atoms with Crippen LogP contribution >= 0.6 is 34.2 Å². The topological polar surface area (TPSA) is 59.9 Å². The molecule has 3 aromatic carbocycles. The van der Waals surface area contributed by atoms with Gasteiger partial charge in [-0.1, -0.05) is 41.9 Å². The van der Waals surface area contributed by atoms with Crippen LogP contribution in [0.5, 0.6) is 11.5 Å². The lowest BCUT2D eigenvalue weighted by molar-refractivity contribution is 0.0955. The van der Waals surface area contributed by atoms with E-state index in [-0.39, 0.29) is 5.91 Å². The van der Waals surface area contributed by atoms with Crippen molar-refractivity contribution in [2.45, 2.75) is 20.5 Å². The van der Waals surface area contributed by atoms with Crippen LogP contribution in [-0.4, -0.2) is 18.7 Å². The number of carbonyl (C=O) groups excluding carboxylic acids is 1. The van der Waals surface area contributed by atoms with Crippen LogP contribution in [0, 0.1) is 10.5 Å². The maximum Gasteiger partial charge on any atom is 0.271 e. The first-order valence-corrected chi connectivity index (χ1v) is 11.2. The quantitative estimate of drug-likeness (QED) is 0.214. The maximum absolute atomic E-state index is 12.2. The van der Waals surface area contributed by atoms with Crippen LogP contribution in [0.4, 0.5) is 0 Å². The lowest BCUT2D eigenvalue weighted by Gasteiger charge is -2.15. The zero-order valence-corrected chi connectivity index (χ0v) is 20.1. The van der Waals surface area contributed by atoms with Crippen molar-refractivity contribution in [2.24, 2.45) is 5.10 Å². The van der Waals surface area contributed by atoms with Gasteiger partial charge in [0.2, 0.25) is 0 Å². The van der Waals surface area contributed by atoms with E-state index in [0.717, 1.165) is 14.7 Å². The molecule has 0 bridgehead atoms. The molecule has 3 rings (SSSR count). The molecule has 0 saturated heterocycles. The summed E-state index contributed by atoms with van der Waals surface area (Å²) >= 11 is 8.63. The highest BCUT2D eigenvalue weighted by Gasteiger charge is 2.13. The fourth-order valence-corrected chi connectivity index (χ4v) is 3.66. The van der Waals surface area contributed by atoms with Crippen molar-refractivity contribution >= 4 is 46.3 Å². The minimum atomic E-state index is -0.288. The average Bonchev–Trinajstić information content (AvgIpc) is 2.74. The molecule has 0 unspecified atom stereocenters. The van der Waals surface area contributed by atoms with E-state index in [9.17, 15) is 4.79 Å². The Morgan fingerprint density at radius 1 is 1.13 bits per heavy atom. The zero-order chi connectivity index (χ0) is 22.2. The normalized spacial score (nSPS) is 10.8. The van der Waals surface area contributed by atoms with Gasteiger partial charge in [-0.05, 0) is 83.5 Å². The van der Waals surface area contributed by atoms with E-state index in [4.69, 9.17) is 21.1 Å². The minimum Gasteiger partial charge on any atom is -0.490 e. The van der Waals surface area contributed by atoms with Crippen LogP contribution in [0.3, 0.4) is 0 Å². The van der Waals surface area contributed by atoms with Gasteiger partial charge in [0, 0.05) is 9.13 Å². The van der Waals surface area contributed by atoms with Gasteiger partial charge in [0.25, 0.3) is 5.91 Å². The molecule has 0 spiro atoms. The third-order valence-corrected chi connectivity index (χ3v) is 5.38. The van der Waals surface area contributed by atoms with Crippen molar-refractivity contribution in [3.8, 4) is 11.5 Å². The van der Waals surface area contributed by atoms with E-state index in [1.165, 1.54) is 6.21 Å². The molecule has 0 heterocycles. The smallest absolute Gasteiger partial charge is 0.271 e. The number of hydrazone groups is 1. The summed E-state index contributed by atoms with van der Waals surface area (Å²) in [7, 11) is 0. The molecule has 0 aliphatic heterocycles. The summed E-state index contributed by atoms with van der Waals surface area (Å²) in [5, 5.41) is 4.45. The number of aryl methyl sites for hydroxylation is 1. The first-order valence-electron chi connectivity index (χ1n) is 9.70. The second-order valence-corrected chi connectivity index (χ2v) is 8.34. The van der Waals surface area contributed by atoms with E-state index in [2.05, 4.69) is 33.1 Å². The largest absolute Gasteiger partial charge is 0.490 e. The molecule has 5 nitrogen and oxygen atoms in total. The second kappa shape index (κ2) is 11.2. The van der Waals surface area contributed by atoms with Crippen molar-refractivity contribution in [3.63, 3.8) is 0 Å². The Balaban J connectivity index is 1.73. The van der Waals surface area contributed by atoms with Gasteiger partial charge in [0.15, 0.2) is 11.5 Å². The highest BCUT2D eigenvalue weighted by Crippen LogP contribution is 2.37. The standard InChI is InChI=1S/C24H22ClIN2O3/c1-3-30-22-12-17(14-27-28-24(29)18-9-6-10-20(26)13-18)11-21(25)23(22)31-15-19-8-5-4-7-16(19)2/h4-14H,3,15H2,1-2H3,(H,28,29)/b27-14-. The predicted octanol–water partition coefficient (Wildman–Crippen LogP) is 5.99. The summed E-state index contributed by atoms with van der Waals surface area (Å²) in [6.45, 7) is 4.77. The highest BCUT2D eigenvalue weighted by molar-refractivity contribution is 14.1. The molecular weight excluding hydrogens is 527 g/mol. The van der Waals surface area contributed by atoms with Crippen molar-refractivity contribution in [1.29, 1.82) is 0 Å². The molecule has 0 aliphatic carbocycles. The van der Waals surface area contributed by atoms with E-state index in [1.807, 2.05) is 50.2 Å². The number of amides is 1. The highest BCUT2D eigenvalue weighted by atomic mass is 127. The van der Waals surface area contributed by atoms with E-state index >= 15 is 0 Å². The van der Waals surface area contributed by atoms with Crippen molar-refractivity contribution < 1.29 is 14.3 Å². The Morgan fingerprint density at radius 2 is 1.94 bits per heavy atom. The number of nitrogens with zero attached hydrogens (tertiary/aromatic N) is 1. The van der Waals surface area contributed by atoms with E-state index < -0.39 is 0 Å². The van der Waals surface area contributed by atoms with Crippen LogP contribution in [0.25, 0.3) is 0 Å². The molecule has 1 N–H and O–H groups in total. The Morgan fingerprint density at radius 3 is 2.68 bits per heavy atom. The van der Waals surface area contributed by atoms with Crippen LogP contribution < -0.4 is 14.9 Å². The van der Waals surface area contributed by atoms with Crippen molar-refractivity contribution in [3.05, 3.63) is 91.5 Å². The van der Waals surface area contributed by atoms with Gasteiger partial charge in [0.1, 0.15) is 6.61 Å². The molecule has 31 heavy (non-hydrogen) atoms. The monoisotopic (exact) mass is 548 g/mol. The van der Waals surface area contributed by atoms with Crippen LogP contribution in [0.1, 0.15) is 34.0 Å². The van der Waals surface area contributed by atoms with Gasteiger partial charge in [-0.25, -0.2) is 5.43 Å². The van der Waals surface area contributed by atoms with Gasteiger partial charge in [-0.3, -0.25) is 4.79 Å². The third kappa shape index (κ3) is 6.45. The molecule has 0 aromatic heterocycles. The van der Waals surface area contributed by atoms with Crippen LogP contribution in [-0.2, 0) is 6.61 Å². The maximum atomic E-state index is 12.2. The summed E-state index contributed by atoms with van der Waals surface area (Å²) < 4.78 is 12.7. The number of halogens is 2. The number of rotatable bonds is 8. The molecule has 160 valence electrons. The molecule has 0 saturated carbocycles. The lowest BCUT2D eigenvalue weighted by atomic mass is 10.1. The first kappa shape index (κ1) is 23.1. The zero-order valence-electron chi connectivity index (χ0n) is 17.2. The Kier molecular flexibility index (Phi) is 8.31. The van der Waals surface area contributed by atoms with E-state index in [0.29, 0.717) is 40.9 Å². The third-order valence-electron chi connectivity index (χ3n) is 4.43. The number of hydrogen-bond acceptors (Lipinski definition) is 4. The van der Waals surface area contributed by atoms with Crippen LogP contribution in [0.2, 0.25) is 5.02 Å². The molecule has 0 radical (unpaired) electrons. The van der Waals surface area contributed by atoms with Crippen molar-refractivity contribution in [1.82, 2.24) is 5.43 Å². The number of hydrogen-bond donors (Lipinski definition) is 1. The second-order valence-electron chi connectivity index (χ2n) is 6.69. The number of nitrogens with one attached hydrogen (secondary N) is 1. The predicted molar refractivity (Wildman–Crippen MR) is 132 cm³/mol. The Bertz CT molecular complexity index is 1100. The number of carbonyl (C=O) groups is 1. The van der Waals surface area contributed by atoms with Crippen LogP contribution in [0.15, 0.2) is 65.8 Å². The Labute approximate surface area is 200 Å². The van der Waals surface area contributed by atoms with Crippen molar-refractivity contribution in [2.75, 3.05) is 6.61 Å². The van der Waals surface area contributed by atoms with E-state index in [1.54, 1.807) is 24.3 Å². The SMILES string of the molecule is CCOc1cc(/C=N\NC(=O)c2cccc(I)c2)cc(Cl)c1OCc1ccccc1C. The summed E-state index contributed by atoms with van der Waals surface area (Å²) in [5.74, 6) is 0.713. The molecule has 0 aliphatic rings. The first-order chi connectivity index (χ1) is 15.0. The number of ether oxygens (including phenoxy) is 2. The fourth-order valence-electron chi connectivity index (χ4n) is 2.85. The molecule has 0 fully saturated rings. The summed E-state index contributed by atoms with van der Waals surface area (Å²) in [5.41, 5.74) is 5.96. The molecule has 7 heteroatoms. The average molecular weight is 549 g/mol. The summed E-state index contributed by atoms with van der Waals surface area (Å²) in [6.07, 6.45) is 1.52. The van der Waals surface area contributed by atoms with Gasteiger partial charge >= 0.3 is 0 Å². The summed E-state index contributed by atoms with van der Waals surface area (Å²) in [4.78, 5) is 12.2. The minimum absolute atomic E-state index is 0.288. The molecule has 0 atom stereocenters. The van der Waals surface area contributed by atoms with Gasteiger partial charge in [0.05, 0.1) is 17.8 Å². The van der Waals surface area contributed by atoms with Gasteiger partial charge < -0.3 is 9.47 Å². The molecular formula is C24H22ClIN2O3. The Hall–Kier alpha value is -2.58. The number of benzene rings is 3. The molecule has 1 amide bonds. The molecule has 3 aromatic rings. The fraction of sp³-hybridized carbons (Fsp3) is 0.167.